The summed E-state index contributed by atoms with van der Waals surface area (Å²) < 4.78 is 5.71. The highest BCUT2D eigenvalue weighted by Gasteiger charge is 2.62. The van der Waals surface area contributed by atoms with E-state index >= 15 is 0 Å². The summed E-state index contributed by atoms with van der Waals surface area (Å²) >= 11 is 1.60. The van der Waals surface area contributed by atoms with Gasteiger partial charge in [0, 0.05) is 10.3 Å². The molecule has 3 fully saturated rings. The van der Waals surface area contributed by atoms with E-state index in [-0.39, 0.29) is 29.9 Å². The average Bonchev–Trinajstić information content (AvgIpc) is 3.34. The molecule has 5 rings (SSSR count). The quantitative estimate of drug-likeness (QED) is 0.814. The monoisotopic (exact) mass is 360 g/mol. The molecule has 7 heteroatoms. The van der Waals surface area contributed by atoms with Crippen molar-refractivity contribution in [2.75, 3.05) is 0 Å². The molecule has 4 aliphatic rings. The van der Waals surface area contributed by atoms with Crippen LogP contribution < -0.4 is 5.43 Å². The first-order valence-corrected chi connectivity index (χ1v) is 9.86. The summed E-state index contributed by atoms with van der Waals surface area (Å²) in [6.45, 7) is 2.22. The van der Waals surface area contributed by atoms with Gasteiger partial charge in [-0.15, -0.1) is 11.3 Å². The standard InChI is InChI=1S/C18H20N2O4S/c1-8-2-3-9-10(7-25-13(9)6-8)16(21)19-20-17(22)14-11-4-5-12(24-11)15(14)18(20)23/h7-8,11-12,14-15H,2-6H2,1H3,(H,19,21)/t8-,11-,12-,14+,15+/m1/s1. The highest BCUT2D eigenvalue weighted by atomic mass is 32.1. The molecule has 6 nitrogen and oxygen atoms in total. The van der Waals surface area contributed by atoms with Crippen LogP contribution in [0.4, 0.5) is 0 Å². The highest BCUT2D eigenvalue weighted by molar-refractivity contribution is 7.10. The first kappa shape index (κ1) is 15.5. The number of ether oxygens (including phenoxy) is 1. The SMILES string of the molecule is C[C@@H]1CCc2c(C(=O)NN3C(=O)[C@@H]4[C@@H](C3=O)[C@H]3CC[C@H]4O3)csc2C1. The van der Waals surface area contributed by atoms with E-state index < -0.39 is 11.8 Å². The van der Waals surface area contributed by atoms with Crippen LogP contribution in [0, 0.1) is 17.8 Å². The van der Waals surface area contributed by atoms with Crippen LogP contribution >= 0.6 is 11.3 Å². The van der Waals surface area contributed by atoms with E-state index in [4.69, 9.17) is 4.74 Å². The highest BCUT2D eigenvalue weighted by Crippen LogP contribution is 2.48. The number of thiophene rings is 1. The molecular formula is C18H20N2O4S. The van der Waals surface area contributed by atoms with Gasteiger partial charge in [0.1, 0.15) is 0 Å². The summed E-state index contributed by atoms with van der Waals surface area (Å²) in [4.78, 5) is 39.3. The number of amides is 3. The van der Waals surface area contributed by atoms with E-state index in [9.17, 15) is 14.4 Å². The fourth-order valence-electron chi connectivity index (χ4n) is 4.85. The molecule has 3 amide bonds. The molecule has 1 N–H and O–H groups in total. The van der Waals surface area contributed by atoms with Gasteiger partial charge >= 0.3 is 0 Å². The zero-order chi connectivity index (χ0) is 17.3. The van der Waals surface area contributed by atoms with Gasteiger partial charge in [-0.3, -0.25) is 19.8 Å². The third-order valence-corrected chi connectivity index (χ3v) is 7.20. The Bertz CT molecular complexity index is 760. The molecule has 2 bridgehead atoms. The summed E-state index contributed by atoms with van der Waals surface area (Å²) in [7, 11) is 0. The summed E-state index contributed by atoms with van der Waals surface area (Å²) in [5.41, 5.74) is 4.29. The third-order valence-electron chi connectivity index (χ3n) is 6.14. The van der Waals surface area contributed by atoms with Gasteiger partial charge in [-0.1, -0.05) is 6.92 Å². The maximum atomic E-state index is 12.7. The first-order valence-electron chi connectivity index (χ1n) is 8.98. The van der Waals surface area contributed by atoms with E-state index in [1.165, 1.54) is 4.88 Å². The van der Waals surface area contributed by atoms with E-state index in [0.29, 0.717) is 11.5 Å². The Kier molecular flexibility index (Phi) is 3.34. The number of carbonyl (C=O) groups is 3. The van der Waals surface area contributed by atoms with Crippen LogP contribution in [-0.4, -0.2) is 34.9 Å². The summed E-state index contributed by atoms with van der Waals surface area (Å²) in [6, 6.07) is 0. The van der Waals surface area contributed by atoms with Crippen LogP contribution in [0.5, 0.6) is 0 Å². The lowest BCUT2D eigenvalue weighted by Gasteiger charge is -2.21. The second kappa shape index (κ2) is 5.38. The van der Waals surface area contributed by atoms with Crippen LogP contribution in [0.1, 0.15) is 47.0 Å². The molecular weight excluding hydrogens is 340 g/mol. The molecule has 0 radical (unpaired) electrons. The Morgan fingerprint density at radius 3 is 2.56 bits per heavy atom. The molecule has 0 unspecified atom stereocenters. The number of carbonyl (C=O) groups excluding carboxylic acids is 3. The molecule has 4 heterocycles. The minimum atomic E-state index is -0.413. The number of nitrogens with zero attached hydrogens (tertiary/aromatic N) is 1. The lowest BCUT2D eigenvalue weighted by atomic mass is 9.81. The number of fused-ring (bicyclic) bond motifs is 6. The van der Waals surface area contributed by atoms with Crippen LogP contribution in [0.2, 0.25) is 0 Å². The van der Waals surface area contributed by atoms with E-state index in [0.717, 1.165) is 42.7 Å². The fraction of sp³-hybridized carbons (Fsp3) is 0.611. The zero-order valence-corrected chi connectivity index (χ0v) is 14.8. The normalized spacial score (nSPS) is 35.9. The van der Waals surface area contributed by atoms with Crippen LogP contribution in [-0.2, 0) is 27.2 Å². The average molecular weight is 360 g/mol. The van der Waals surface area contributed by atoms with Gasteiger partial charge < -0.3 is 4.74 Å². The van der Waals surface area contributed by atoms with Crippen molar-refractivity contribution in [1.82, 2.24) is 10.4 Å². The van der Waals surface area contributed by atoms with Crippen molar-refractivity contribution in [1.29, 1.82) is 0 Å². The molecule has 1 aromatic rings. The maximum Gasteiger partial charge on any atom is 0.271 e. The molecule has 1 aliphatic carbocycles. The lowest BCUT2D eigenvalue weighted by Crippen LogP contribution is -2.48. The van der Waals surface area contributed by atoms with Gasteiger partial charge in [0.2, 0.25) is 0 Å². The molecule has 25 heavy (non-hydrogen) atoms. The molecule has 0 aromatic carbocycles. The topological polar surface area (TPSA) is 75.7 Å². The second-order valence-electron chi connectivity index (χ2n) is 7.69. The fourth-order valence-corrected chi connectivity index (χ4v) is 6.10. The molecule has 5 atom stereocenters. The lowest BCUT2D eigenvalue weighted by molar-refractivity contribution is -0.145. The predicted octanol–water partition coefficient (Wildman–Crippen LogP) is 1.68. The predicted molar refractivity (Wildman–Crippen MR) is 89.7 cm³/mol. The van der Waals surface area contributed by atoms with Crippen LogP contribution in [0.3, 0.4) is 0 Å². The Labute approximate surface area is 149 Å². The second-order valence-corrected chi connectivity index (χ2v) is 8.66. The molecule has 0 spiro atoms. The number of imide groups is 1. The Morgan fingerprint density at radius 1 is 1.20 bits per heavy atom. The zero-order valence-electron chi connectivity index (χ0n) is 14.0. The van der Waals surface area contributed by atoms with Crippen LogP contribution in [0.15, 0.2) is 5.38 Å². The number of rotatable bonds is 2. The number of hydrogen-bond acceptors (Lipinski definition) is 5. The minimum absolute atomic E-state index is 0.163. The summed E-state index contributed by atoms with van der Waals surface area (Å²) in [5.74, 6) is -1.16. The van der Waals surface area contributed by atoms with Gasteiger partial charge in [-0.2, -0.15) is 5.01 Å². The smallest absolute Gasteiger partial charge is 0.271 e. The van der Waals surface area contributed by atoms with Crippen molar-refractivity contribution >= 4 is 29.1 Å². The maximum absolute atomic E-state index is 12.7. The van der Waals surface area contributed by atoms with Crippen molar-refractivity contribution in [3.05, 3.63) is 21.4 Å². The Morgan fingerprint density at radius 2 is 1.88 bits per heavy atom. The van der Waals surface area contributed by atoms with Crippen molar-refractivity contribution < 1.29 is 19.1 Å². The van der Waals surface area contributed by atoms with Gasteiger partial charge in [0.15, 0.2) is 0 Å². The molecule has 3 saturated heterocycles. The van der Waals surface area contributed by atoms with E-state index in [2.05, 4.69) is 12.3 Å². The summed E-state index contributed by atoms with van der Waals surface area (Å²) in [6.07, 6.45) is 4.27. The van der Waals surface area contributed by atoms with Gasteiger partial charge in [0.05, 0.1) is 29.6 Å². The van der Waals surface area contributed by atoms with E-state index in [1.54, 1.807) is 11.3 Å². The molecule has 0 saturated carbocycles. The summed E-state index contributed by atoms with van der Waals surface area (Å²) in [5, 5.41) is 2.82. The third kappa shape index (κ3) is 2.15. The van der Waals surface area contributed by atoms with Gasteiger partial charge in [0.25, 0.3) is 17.7 Å². The van der Waals surface area contributed by atoms with Crippen molar-refractivity contribution in [2.24, 2.45) is 17.8 Å². The largest absolute Gasteiger partial charge is 0.373 e. The van der Waals surface area contributed by atoms with Crippen molar-refractivity contribution in [3.8, 4) is 0 Å². The minimum Gasteiger partial charge on any atom is -0.373 e. The first-order chi connectivity index (χ1) is 12.0. The number of hydrogen-bond donors (Lipinski definition) is 1. The molecule has 1 aromatic heterocycles. The van der Waals surface area contributed by atoms with E-state index in [1.807, 2.05) is 5.38 Å². The Hall–Kier alpha value is -1.73. The molecule has 132 valence electrons. The van der Waals surface area contributed by atoms with Gasteiger partial charge in [-0.25, -0.2) is 0 Å². The van der Waals surface area contributed by atoms with Gasteiger partial charge in [-0.05, 0) is 43.6 Å². The molecule has 3 aliphatic heterocycles. The van der Waals surface area contributed by atoms with Crippen LogP contribution in [0.25, 0.3) is 0 Å². The van der Waals surface area contributed by atoms with Crippen molar-refractivity contribution in [3.63, 3.8) is 0 Å². The Balaban J connectivity index is 1.37. The number of hydrazine groups is 1. The number of nitrogens with one attached hydrogen (secondary N) is 1. The van der Waals surface area contributed by atoms with Crippen molar-refractivity contribution in [2.45, 2.75) is 51.2 Å².